The molecule has 1 aromatic carbocycles. The highest BCUT2D eigenvalue weighted by molar-refractivity contribution is 6.31. The average molecular weight is 471 g/mol. The third-order valence-corrected chi connectivity index (χ3v) is 5.59. The first-order chi connectivity index (χ1) is 16.4. The largest absolute Gasteiger partial charge is 0.490 e. The van der Waals surface area contributed by atoms with E-state index in [4.69, 9.17) is 14.2 Å². The Morgan fingerprint density at radius 2 is 1.88 bits per heavy atom. The number of nitrogens with one attached hydrogen (secondary N) is 1. The van der Waals surface area contributed by atoms with Gasteiger partial charge in [0.2, 0.25) is 0 Å². The number of amides is 4. The number of esters is 1. The van der Waals surface area contributed by atoms with Crippen molar-refractivity contribution in [2.45, 2.75) is 52.0 Å². The number of carbonyl (C=O) groups is 4. The molecule has 1 saturated carbocycles. The molecule has 4 amide bonds. The Hall–Kier alpha value is -3.62. The summed E-state index contributed by atoms with van der Waals surface area (Å²) in [5.74, 6) is -1.15. The van der Waals surface area contributed by atoms with Crippen molar-refractivity contribution in [1.29, 1.82) is 0 Å². The summed E-state index contributed by atoms with van der Waals surface area (Å²) in [5, 5.41) is 2.28. The number of imide groups is 2. The van der Waals surface area contributed by atoms with Crippen molar-refractivity contribution in [3.63, 3.8) is 0 Å². The third kappa shape index (κ3) is 5.65. The lowest BCUT2D eigenvalue weighted by atomic mass is 10.0. The lowest BCUT2D eigenvalue weighted by Crippen LogP contribution is -2.57. The molecule has 0 bridgehead atoms. The molecule has 0 radical (unpaired) electrons. The molecule has 1 heterocycles. The molecule has 3 rings (SSSR count). The van der Waals surface area contributed by atoms with Crippen LogP contribution in [0.15, 0.2) is 30.4 Å². The predicted molar refractivity (Wildman–Crippen MR) is 124 cm³/mol. The lowest BCUT2D eigenvalue weighted by Gasteiger charge is -2.31. The molecule has 0 spiro atoms. The van der Waals surface area contributed by atoms with Crippen LogP contribution in [0, 0.1) is 0 Å². The second-order valence-electron chi connectivity index (χ2n) is 7.96. The van der Waals surface area contributed by atoms with E-state index in [1.807, 2.05) is 0 Å². The van der Waals surface area contributed by atoms with Gasteiger partial charge in [0.05, 0.1) is 13.2 Å². The van der Waals surface area contributed by atoms with Gasteiger partial charge < -0.3 is 14.2 Å². The Morgan fingerprint density at radius 1 is 1.15 bits per heavy atom. The van der Waals surface area contributed by atoms with Gasteiger partial charge in [-0.1, -0.05) is 18.9 Å². The number of benzene rings is 1. The van der Waals surface area contributed by atoms with Crippen molar-refractivity contribution < 1.29 is 33.4 Å². The summed E-state index contributed by atoms with van der Waals surface area (Å²) in [7, 11) is 0. The van der Waals surface area contributed by atoms with Gasteiger partial charge in [-0.2, -0.15) is 0 Å². The van der Waals surface area contributed by atoms with Crippen molar-refractivity contribution in [2.75, 3.05) is 19.8 Å². The van der Waals surface area contributed by atoms with Crippen molar-refractivity contribution in [1.82, 2.24) is 10.2 Å². The van der Waals surface area contributed by atoms with Crippen LogP contribution in [0.25, 0.3) is 6.08 Å². The molecule has 9 heteroatoms. The molecule has 34 heavy (non-hydrogen) atoms. The van der Waals surface area contributed by atoms with Gasteiger partial charge >= 0.3 is 12.0 Å². The zero-order valence-corrected chi connectivity index (χ0v) is 19.6. The number of allylic oxidation sites excluding steroid dienone is 1. The standard InChI is InChI=1S/C25H30N2O7/c1-4-9-17-12-16(14-20(32-5-2)22(17)34-15-21(28)33-6-3)13-19-23(29)26-25(31)27(24(19)30)18-10-7-8-11-18/h4,12-14,18H,1,5-11,15H2,2-3H3,(H,26,29,31)/b19-13+. The summed E-state index contributed by atoms with van der Waals surface area (Å²) in [4.78, 5) is 51.0. The summed E-state index contributed by atoms with van der Waals surface area (Å²) in [6, 6.07) is 2.47. The topological polar surface area (TPSA) is 111 Å². The van der Waals surface area contributed by atoms with Gasteiger partial charge in [-0.05, 0) is 56.9 Å². The molecule has 1 aliphatic heterocycles. The predicted octanol–water partition coefficient (Wildman–Crippen LogP) is 3.16. The molecule has 1 aromatic rings. The SMILES string of the molecule is C=CCc1cc(/C=C2\C(=O)NC(=O)N(C3CCCC3)C2=O)cc(OCC)c1OCC(=O)OCC. The van der Waals surface area contributed by atoms with Crippen LogP contribution in [0.4, 0.5) is 4.79 Å². The Morgan fingerprint density at radius 3 is 2.53 bits per heavy atom. The Bertz CT molecular complexity index is 1010. The maximum absolute atomic E-state index is 13.1. The Kier molecular flexibility index (Phi) is 8.45. The normalized spacial score (nSPS) is 17.6. The molecular weight excluding hydrogens is 440 g/mol. The van der Waals surface area contributed by atoms with Gasteiger partial charge in [0.25, 0.3) is 11.8 Å². The monoisotopic (exact) mass is 470 g/mol. The van der Waals surface area contributed by atoms with Gasteiger partial charge in [0.1, 0.15) is 5.57 Å². The van der Waals surface area contributed by atoms with E-state index in [1.165, 1.54) is 6.08 Å². The van der Waals surface area contributed by atoms with Crippen molar-refractivity contribution in [3.8, 4) is 11.5 Å². The molecule has 182 valence electrons. The molecule has 2 fully saturated rings. The van der Waals surface area contributed by atoms with E-state index in [-0.39, 0.29) is 24.8 Å². The highest BCUT2D eigenvalue weighted by atomic mass is 16.6. The molecule has 0 atom stereocenters. The smallest absolute Gasteiger partial charge is 0.344 e. The highest BCUT2D eigenvalue weighted by Gasteiger charge is 2.40. The summed E-state index contributed by atoms with van der Waals surface area (Å²) in [6.07, 6.45) is 6.82. The first-order valence-corrected chi connectivity index (χ1v) is 11.5. The molecule has 1 saturated heterocycles. The van der Waals surface area contributed by atoms with E-state index >= 15 is 0 Å². The first-order valence-electron chi connectivity index (χ1n) is 11.5. The summed E-state index contributed by atoms with van der Waals surface area (Å²) in [5.41, 5.74) is 1.05. The third-order valence-electron chi connectivity index (χ3n) is 5.59. The number of rotatable bonds is 10. The number of nitrogens with zero attached hydrogens (tertiary/aromatic N) is 1. The van der Waals surface area contributed by atoms with E-state index in [0.717, 1.165) is 30.6 Å². The molecule has 1 aliphatic carbocycles. The van der Waals surface area contributed by atoms with Crippen molar-refractivity contribution in [2.24, 2.45) is 0 Å². The maximum atomic E-state index is 13.1. The van der Waals surface area contributed by atoms with E-state index in [9.17, 15) is 19.2 Å². The van der Waals surface area contributed by atoms with Crippen molar-refractivity contribution >= 4 is 29.9 Å². The van der Waals surface area contributed by atoms with Crippen LogP contribution >= 0.6 is 0 Å². The van der Waals surface area contributed by atoms with E-state index in [0.29, 0.717) is 35.7 Å². The molecular formula is C25H30N2O7. The zero-order chi connectivity index (χ0) is 24.7. The molecule has 0 unspecified atom stereocenters. The quantitative estimate of drug-likeness (QED) is 0.242. The highest BCUT2D eigenvalue weighted by Crippen LogP contribution is 2.35. The van der Waals surface area contributed by atoms with Crippen LogP contribution in [0.5, 0.6) is 11.5 Å². The maximum Gasteiger partial charge on any atom is 0.344 e. The fourth-order valence-electron chi connectivity index (χ4n) is 4.17. The summed E-state index contributed by atoms with van der Waals surface area (Å²) in [6.45, 7) is 7.54. The number of carbonyl (C=O) groups excluding carboxylic acids is 4. The molecule has 0 aromatic heterocycles. The average Bonchev–Trinajstić information content (AvgIpc) is 3.31. The number of urea groups is 1. The van der Waals surface area contributed by atoms with Gasteiger partial charge in [0.15, 0.2) is 18.1 Å². The summed E-state index contributed by atoms with van der Waals surface area (Å²) >= 11 is 0. The zero-order valence-electron chi connectivity index (χ0n) is 19.6. The van der Waals surface area contributed by atoms with Gasteiger partial charge in [-0.3, -0.25) is 19.8 Å². The molecule has 2 aliphatic rings. The van der Waals surface area contributed by atoms with Gasteiger partial charge in [-0.25, -0.2) is 9.59 Å². The minimum absolute atomic E-state index is 0.126. The van der Waals surface area contributed by atoms with Crippen LogP contribution in [0.1, 0.15) is 50.7 Å². The number of barbiturate groups is 1. The minimum Gasteiger partial charge on any atom is -0.490 e. The van der Waals surface area contributed by atoms with Gasteiger partial charge in [-0.15, -0.1) is 6.58 Å². The van der Waals surface area contributed by atoms with Crippen LogP contribution in [-0.2, 0) is 25.5 Å². The van der Waals surface area contributed by atoms with E-state index in [2.05, 4.69) is 11.9 Å². The Balaban J connectivity index is 1.98. The number of ether oxygens (including phenoxy) is 3. The van der Waals surface area contributed by atoms with E-state index in [1.54, 1.807) is 32.1 Å². The van der Waals surface area contributed by atoms with Crippen LogP contribution < -0.4 is 14.8 Å². The minimum atomic E-state index is -0.741. The number of hydrogen-bond donors (Lipinski definition) is 1. The Labute approximate surface area is 198 Å². The van der Waals surface area contributed by atoms with Crippen LogP contribution in [-0.4, -0.2) is 54.6 Å². The van der Waals surface area contributed by atoms with E-state index < -0.39 is 23.8 Å². The fraction of sp³-hybridized carbons (Fsp3) is 0.440. The second kappa shape index (κ2) is 11.5. The number of hydrogen-bond acceptors (Lipinski definition) is 7. The molecule has 9 nitrogen and oxygen atoms in total. The van der Waals surface area contributed by atoms with Crippen LogP contribution in [0.2, 0.25) is 0 Å². The van der Waals surface area contributed by atoms with Crippen molar-refractivity contribution in [3.05, 3.63) is 41.5 Å². The lowest BCUT2D eigenvalue weighted by molar-refractivity contribution is -0.145. The first kappa shape index (κ1) is 25.0. The second-order valence-corrected chi connectivity index (χ2v) is 7.96. The van der Waals surface area contributed by atoms with Gasteiger partial charge in [0, 0.05) is 11.6 Å². The fourth-order valence-corrected chi connectivity index (χ4v) is 4.17. The molecule has 1 N–H and O–H groups in total. The summed E-state index contributed by atoms with van der Waals surface area (Å²) < 4.78 is 16.4. The van der Waals surface area contributed by atoms with Crippen LogP contribution in [0.3, 0.4) is 0 Å².